The molecule has 0 saturated carbocycles. The molecule has 0 atom stereocenters. The van der Waals surface area contributed by atoms with E-state index in [9.17, 15) is 0 Å². The minimum atomic E-state index is 0.789. The molecule has 0 radical (unpaired) electrons. The SMILES string of the molecule is COc1cc(-c2nc(C)n(C)c2Br)c(OC)cc1C. The van der Waals surface area contributed by atoms with Gasteiger partial charge in [-0.2, -0.15) is 0 Å². The Morgan fingerprint density at radius 2 is 1.74 bits per heavy atom. The van der Waals surface area contributed by atoms with Crippen molar-refractivity contribution < 1.29 is 9.47 Å². The highest BCUT2D eigenvalue weighted by Gasteiger charge is 2.17. The molecule has 2 aromatic rings. The summed E-state index contributed by atoms with van der Waals surface area (Å²) in [6, 6.07) is 3.92. The molecule has 0 N–H and O–H groups in total. The molecule has 0 aliphatic carbocycles. The van der Waals surface area contributed by atoms with Gasteiger partial charge in [0.2, 0.25) is 0 Å². The van der Waals surface area contributed by atoms with Crippen LogP contribution in [0.5, 0.6) is 11.5 Å². The van der Waals surface area contributed by atoms with Crippen LogP contribution >= 0.6 is 15.9 Å². The van der Waals surface area contributed by atoms with E-state index >= 15 is 0 Å². The number of aryl methyl sites for hydroxylation is 2. The van der Waals surface area contributed by atoms with Crippen LogP contribution < -0.4 is 9.47 Å². The van der Waals surface area contributed by atoms with Gasteiger partial charge in [0.15, 0.2) is 0 Å². The lowest BCUT2D eigenvalue weighted by Crippen LogP contribution is -1.94. The molecule has 102 valence electrons. The van der Waals surface area contributed by atoms with Gasteiger partial charge < -0.3 is 14.0 Å². The summed E-state index contributed by atoms with van der Waals surface area (Å²) in [5, 5.41) is 0. The number of nitrogens with zero attached hydrogens (tertiary/aromatic N) is 2. The smallest absolute Gasteiger partial charge is 0.128 e. The van der Waals surface area contributed by atoms with Crippen LogP contribution in [-0.2, 0) is 7.05 Å². The molecule has 19 heavy (non-hydrogen) atoms. The van der Waals surface area contributed by atoms with Crippen LogP contribution in [0, 0.1) is 13.8 Å². The second-order valence-electron chi connectivity index (χ2n) is 4.38. The summed E-state index contributed by atoms with van der Waals surface area (Å²) in [6.45, 7) is 3.95. The lowest BCUT2D eigenvalue weighted by molar-refractivity contribution is 0.401. The van der Waals surface area contributed by atoms with Gasteiger partial charge >= 0.3 is 0 Å². The maximum atomic E-state index is 5.46. The van der Waals surface area contributed by atoms with Crippen molar-refractivity contribution in [2.75, 3.05) is 14.2 Å². The normalized spacial score (nSPS) is 10.6. The molecule has 1 heterocycles. The number of ether oxygens (including phenoxy) is 2. The first-order valence-electron chi connectivity index (χ1n) is 5.91. The van der Waals surface area contributed by atoms with Crippen LogP contribution in [0.3, 0.4) is 0 Å². The van der Waals surface area contributed by atoms with E-state index in [2.05, 4.69) is 20.9 Å². The Hall–Kier alpha value is -1.49. The summed E-state index contributed by atoms with van der Waals surface area (Å²) in [4.78, 5) is 4.57. The number of benzene rings is 1. The lowest BCUT2D eigenvalue weighted by atomic mass is 10.1. The third-order valence-corrected chi connectivity index (χ3v) is 4.13. The number of hydrogen-bond acceptors (Lipinski definition) is 3. The van der Waals surface area contributed by atoms with E-state index in [1.54, 1.807) is 14.2 Å². The highest BCUT2D eigenvalue weighted by molar-refractivity contribution is 9.10. The average molecular weight is 325 g/mol. The maximum absolute atomic E-state index is 5.46. The Bertz CT molecular complexity index is 620. The predicted octanol–water partition coefficient (Wildman–Crippen LogP) is 3.48. The number of halogens is 1. The summed E-state index contributed by atoms with van der Waals surface area (Å²) in [5.41, 5.74) is 2.81. The van der Waals surface area contributed by atoms with Crippen LogP contribution in [0.1, 0.15) is 11.4 Å². The molecule has 0 amide bonds. The first kappa shape index (κ1) is 13.9. The molecule has 0 aliphatic heterocycles. The van der Waals surface area contributed by atoms with Crippen molar-refractivity contribution >= 4 is 15.9 Å². The second-order valence-corrected chi connectivity index (χ2v) is 5.13. The van der Waals surface area contributed by atoms with Gasteiger partial charge in [0.05, 0.1) is 14.2 Å². The predicted molar refractivity (Wildman–Crippen MR) is 78.9 cm³/mol. The van der Waals surface area contributed by atoms with Gasteiger partial charge in [0.25, 0.3) is 0 Å². The van der Waals surface area contributed by atoms with Crippen molar-refractivity contribution in [3.8, 4) is 22.8 Å². The Morgan fingerprint density at radius 1 is 1.11 bits per heavy atom. The first-order chi connectivity index (χ1) is 8.99. The molecule has 0 fully saturated rings. The fraction of sp³-hybridized carbons (Fsp3) is 0.357. The molecule has 0 spiro atoms. The van der Waals surface area contributed by atoms with Gasteiger partial charge in [0.1, 0.15) is 27.6 Å². The number of aromatic nitrogens is 2. The number of imidazole rings is 1. The summed E-state index contributed by atoms with van der Waals surface area (Å²) >= 11 is 3.57. The summed E-state index contributed by atoms with van der Waals surface area (Å²) in [5.74, 6) is 2.55. The fourth-order valence-electron chi connectivity index (χ4n) is 1.99. The minimum absolute atomic E-state index is 0.789. The van der Waals surface area contributed by atoms with Gasteiger partial charge in [0, 0.05) is 12.6 Å². The monoisotopic (exact) mass is 324 g/mol. The van der Waals surface area contributed by atoms with E-state index in [0.717, 1.165) is 38.7 Å². The molecule has 0 unspecified atom stereocenters. The Balaban J connectivity index is 2.69. The molecule has 0 saturated heterocycles. The van der Waals surface area contributed by atoms with Gasteiger partial charge in [-0.3, -0.25) is 0 Å². The Kier molecular flexibility index (Phi) is 3.85. The quantitative estimate of drug-likeness (QED) is 0.867. The van der Waals surface area contributed by atoms with Crippen molar-refractivity contribution in [3.05, 3.63) is 28.1 Å². The van der Waals surface area contributed by atoms with Gasteiger partial charge in [-0.1, -0.05) is 0 Å². The number of methoxy groups -OCH3 is 2. The Morgan fingerprint density at radius 3 is 2.21 bits per heavy atom. The summed E-state index contributed by atoms with van der Waals surface area (Å²) in [6.07, 6.45) is 0. The first-order valence-corrected chi connectivity index (χ1v) is 6.70. The van der Waals surface area contributed by atoms with E-state index < -0.39 is 0 Å². The number of hydrogen-bond donors (Lipinski definition) is 0. The average Bonchev–Trinajstić information content (AvgIpc) is 2.66. The van der Waals surface area contributed by atoms with Crippen molar-refractivity contribution in [1.82, 2.24) is 9.55 Å². The fourth-order valence-corrected chi connectivity index (χ4v) is 2.55. The minimum Gasteiger partial charge on any atom is -0.496 e. The maximum Gasteiger partial charge on any atom is 0.128 e. The van der Waals surface area contributed by atoms with Crippen LogP contribution in [0.2, 0.25) is 0 Å². The molecule has 0 aliphatic rings. The number of rotatable bonds is 3. The van der Waals surface area contributed by atoms with Crippen LogP contribution in [0.4, 0.5) is 0 Å². The standard InChI is InChI=1S/C14H17BrN2O2/c1-8-6-12(19-5)10(7-11(8)18-4)13-14(15)17(3)9(2)16-13/h6-7H,1-5H3. The molecule has 0 bridgehead atoms. The zero-order valence-electron chi connectivity index (χ0n) is 11.7. The molecule has 1 aromatic heterocycles. The van der Waals surface area contributed by atoms with Crippen LogP contribution in [-0.4, -0.2) is 23.8 Å². The second kappa shape index (κ2) is 5.25. The molecule has 1 aromatic carbocycles. The van der Waals surface area contributed by atoms with Gasteiger partial charge in [-0.05, 0) is 47.5 Å². The zero-order valence-corrected chi connectivity index (χ0v) is 13.3. The van der Waals surface area contributed by atoms with Crippen molar-refractivity contribution in [1.29, 1.82) is 0 Å². The van der Waals surface area contributed by atoms with E-state index in [4.69, 9.17) is 9.47 Å². The largest absolute Gasteiger partial charge is 0.496 e. The van der Waals surface area contributed by atoms with E-state index in [0.29, 0.717) is 0 Å². The topological polar surface area (TPSA) is 36.3 Å². The highest BCUT2D eigenvalue weighted by atomic mass is 79.9. The van der Waals surface area contributed by atoms with Gasteiger partial charge in [-0.15, -0.1) is 0 Å². The van der Waals surface area contributed by atoms with Gasteiger partial charge in [-0.25, -0.2) is 4.98 Å². The summed E-state index contributed by atoms with van der Waals surface area (Å²) in [7, 11) is 5.29. The zero-order chi connectivity index (χ0) is 14.2. The molecule has 5 heteroatoms. The molecule has 2 rings (SSSR count). The van der Waals surface area contributed by atoms with Crippen LogP contribution in [0.15, 0.2) is 16.7 Å². The van der Waals surface area contributed by atoms with E-state index in [-0.39, 0.29) is 0 Å². The third kappa shape index (κ3) is 2.34. The van der Waals surface area contributed by atoms with Crippen molar-refractivity contribution in [3.63, 3.8) is 0 Å². The van der Waals surface area contributed by atoms with Crippen molar-refractivity contribution in [2.45, 2.75) is 13.8 Å². The van der Waals surface area contributed by atoms with Crippen LogP contribution in [0.25, 0.3) is 11.3 Å². The Labute approximate surface area is 121 Å². The molecule has 4 nitrogen and oxygen atoms in total. The van der Waals surface area contributed by atoms with E-state index in [1.165, 1.54) is 0 Å². The van der Waals surface area contributed by atoms with E-state index in [1.807, 2.05) is 37.6 Å². The molecular weight excluding hydrogens is 308 g/mol. The van der Waals surface area contributed by atoms with Crippen molar-refractivity contribution in [2.24, 2.45) is 7.05 Å². The summed E-state index contributed by atoms with van der Waals surface area (Å²) < 4.78 is 13.7. The third-order valence-electron chi connectivity index (χ3n) is 3.22. The highest BCUT2D eigenvalue weighted by Crippen LogP contribution is 2.38. The lowest BCUT2D eigenvalue weighted by Gasteiger charge is -2.12. The molecular formula is C14H17BrN2O2.